The van der Waals surface area contributed by atoms with Crippen molar-refractivity contribution in [2.75, 3.05) is 0 Å². The molecule has 1 aliphatic rings. The molecule has 0 radical (unpaired) electrons. The number of fused-ring (bicyclic) bond motifs is 1. The third-order valence-electron chi connectivity index (χ3n) is 1.69. The van der Waals surface area contributed by atoms with Crippen LogP contribution in [-0.2, 0) is 0 Å². The maximum absolute atomic E-state index is 12.8. The highest BCUT2D eigenvalue weighted by molar-refractivity contribution is 5.38. The molecule has 1 aliphatic heterocycles. The van der Waals surface area contributed by atoms with Crippen LogP contribution < -0.4 is 4.74 Å². The number of ether oxygens (including phenoxy) is 1. The van der Waals surface area contributed by atoms with Crippen LogP contribution in [0.3, 0.4) is 0 Å². The van der Waals surface area contributed by atoms with Gasteiger partial charge in [0.05, 0.1) is 0 Å². The van der Waals surface area contributed by atoms with E-state index in [2.05, 4.69) is 4.74 Å². The first-order valence-corrected chi connectivity index (χ1v) is 3.33. The lowest BCUT2D eigenvalue weighted by Gasteiger charge is -1.99. The summed E-state index contributed by atoms with van der Waals surface area (Å²) in [6.45, 7) is 0. The Labute approximate surface area is 62.6 Å². The summed E-state index contributed by atoms with van der Waals surface area (Å²) in [6.07, 6.45) is -3.45. The zero-order valence-electron chi connectivity index (χ0n) is 5.63. The number of para-hydroxylation sites is 1. The molecule has 0 saturated heterocycles. The van der Waals surface area contributed by atoms with Crippen molar-refractivity contribution >= 4 is 0 Å². The van der Waals surface area contributed by atoms with Crippen molar-refractivity contribution < 1.29 is 13.5 Å². The molecule has 58 valence electrons. The van der Waals surface area contributed by atoms with Crippen LogP contribution in [0.15, 0.2) is 24.3 Å². The second-order valence-corrected chi connectivity index (χ2v) is 2.41. The van der Waals surface area contributed by atoms with E-state index in [1.54, 1.807) is 18.2 Å². The molecule has 1 heterocycles. The van der Waals surface area contributed by atoms with E-state index in [0.29, 0.717) is 11.3 Å². The SMILES string of the molecule is F[C@@H]1Oc2ccccc2[C@@H]1F. The lowest BCUT2D eigenvalue weighted by Crippen LogP contribution is -2.07. The van der Waals surface area contributed by atoms with E-state index in [-0.39, 0.29) is 0 Å². The number of hydrogen-bond acceptors (Lipinski definition) is 1. The van der Waals surface area contributed by atoms with Gasteiger partial charge in [-0.05, 0) is 6.07 Å². The van der Waals surface area contributed by atoms with Crippen molar-refractivity contribution in [3.63, 3.8) is 0 Å². The molecule has 0 aromatic heterocycles. The average molecular weight is 156 g/mol. The van der Waals surface area contributed by atoms with Gasteiger partial charge < -0.3 is 4.74 Å². The quantitative estimate of drug-likeness (QED) is 0.560. The first-order valence-electron chi connectivity index (χ1n) is 3.33. The molecule has 0 unspecified atom stereocenters. The van der Waals surface area contributed by atoms with E-state index in [1.165, 1.54) is 6.07 Å². The minimum Gasteiger partial charge on any atom is -0.456 e. The molecule has 2 atom stereocenters. The number of rotatable bonds is 0. The van der Waals surface area contributed by atoms with Gasteiger partial charge in [-0.15, -0.1) is 0 Å². The molecule has 11 heavy (non-hydrogen) atoms. The van der Waals surface area contributed by atoms with Gasteiger partial charge in [-0.1, -0.05) is 18.2 Å². The Kier molecular flexibility index (Phi) is 1.31. The average Bonchev–Trinajstić information content (AvgIpc) is 2.30. The van der Waals surface area contributed by atoms with Crippen LogP contribution in [0.5, 0.6) is 5.75 Å². The fourth-order valence-corrected chi connectivity index (χ4v) is 1.14. The third kappa shape index (κ3) is 0.878. The van der Waals surface area contributed by atoms with Crippen LogP contribution in [-0.4, -0.2) is 6.36 Å². The minimum absolute atomic E-state index is 0.306. The smallest absolute Gasteiger partial charge is 0.273 e. The van der Waals surface area contributed by atoms with Gasteiger partial charge in [0.1, 0.15) is 5.75 Å². The molecule has 1 aromatic carbocycles. The molecule has 3 heteroatoms. The molecule has 0 fully saturated rings. The van der Waals surface area contributed by atoms with Crippen LogP contribution in [0.25, 0.3) is 0 Å². The van der Waals surface area contributed by atoms with Crippen molar-refractivity contribution in [1.29, 1.82) is 0 Å². The van der Waals surface area contributed by atoms with Gasteiger partial charge in [0.2, 0.25) is 0 Å². The van der Waals surface area contributed by atoms with Gasteiger partial charge in [0, 0.05) is 5.56 Å². The van der Waals surface area contributed by atoms with E-state index in [4.69, 9.17) is 0 Å². The third-order valence-corrected chi connectivity index (χ3v) is 1.69. The second-order valence-electron chi connectivity index (χ2n) is 2.41. The Balaban J connectivity index is 2.47. The van der Waals surface area contributed by atoms with E-state index in [9.17, 15) is 8.78 Å². The van der Waals surface area contributed by atoms with Crippen molar-refractivity contribution in [2.45, 2.75) is 12.5 Å². The molecule has 1 aromatic rings. The van der Waals surface area contributed by atoms with E-state index in [0.717, 1.165) is 0 Å². The zero-order valence-corrected chi connectivity index (χ0v) is 5.63. The summed E-state index contributed by atoms with van der Waals surface area (Å²) in [5, 5.41) is 0. The Morgan fingerprint density at radius 2 is 1.91 bits per heavy atom. The lowest BCUT2D eigenvalue weighted by molar-refractivity contribution is 0.0216. The summed E-state index contributed by atoms with van der Waals surface area (Å²) < 4.78 is 29.9. The standard InChI is InChI=1S/C8H6F2O/c9-7-5-3-1-2-4-6(5)11-8(7)10/h1-4,7-8H/t7-,8+/m0/s1. The molecular formula is C8H6F2O. The zero-order chi connectivity index (χ0) is 7.84. The predicted octanol–water partition coefficient (Wildman–Crippen LogP) is 2.39. The molecule has 0 N–H and O–H groups in total. The van der Waals surface area contributed by atoms with E-state index >= 15 is 0 Å². The van der Waals surface area contributed by atoms with Crippen LogP contribution in [0, 0.1) is 0 Å². The number of benzene rings is 1. The highest BCUT2D eigenvalue weighted by Crippen LogP contribution is 2.39. The maximum atomic E-state index is 12.8. The van der Waals surface area contributed by atoms with Crippen LogP contribution in [0.1, 0.15) is 11.7 Å². The van der Waals surface area contributed by atoms with Crippen LogP contribution in [0.2, 0.25) is 0 Å². The van der Waals surface area contributed by atoms with Crippen molar-refractivity contribution in [3.05, 3.63) is 29.8 Å². The van der Waals surface area contributed by atoms with Gasteiger partial charge in [-0.3, -0.25) is 0 Å². The number of alkyl halides is 2. The molecule has 0 amide bonds. The van der Waals surface area contributed by atoms with Crippen molar-refractivity contribution in [2.24, 2.45) is 0 Å². The maximum Gasteiger partial charge on any atom is 0.273 e. The van der Waals surface area contributed by atoms with Crippen LogP contribution in [0.4, 0.5) is 8.78 Å². The van der Waals surface area contributed by atoms with Gasteiger partial charge in [-0.25, -0.2) is 4.39 Å². The minimum atomic E-state index is -1.83. The molecule has 0 saturated carbocycles. The summed E-state index contributed by atoms with van der Waals surface area (Å²) in [4.78, 5) is 0. The van der Waals surface area contributed by atoms with Crippen molar-refractivity contribution in [1.82, 2.24) is 0 Å². The second kappa shape index (κ2) is 2.19. The van der Waals surface area contributed by atoms with Crippen LogP contribution >= 0.6 is 0 Å². The summed E-state index contributed by atoms with van der Waals surface area (Å²) in [7, 11) is 0. The first kappa shape index (κ1) is 6.58. The fraction of sp³-hybridized carbons (Fsp3) is 0.250. The number of halogens is 2. The monoisotopic (exact) mass is 156 g/mol. The van der Waals surface area contributed by atoms with Gasteiger partial charge in [-0.2, -0.15) is 4.39 Å². The van der Waals surface area contributed by atoms with Crippen molar-refractivity contribution in [3.8, 4) is 5.75 Å². The molecular weight excluding hydrogens is 150 g/mol. The highest BCUT2D eigenvalue weighted by atomic mass is 19.2. The summed E-state index contributed by atoms with van der Waals surface area (Å²) in [6, 6.07) is 6.43. The summed E-state index contributed by atoms with van der Waals surface area (Å²) in [5.41, 5.74) is 0.306. The molecule has 0 bridgehead atoms. The van der Waals surface area contributed by atoms with E-state index in [1.807, 2.05) is 0 Å². The fourth-order valence-electron chi connectivity index (χ4n) is 1.14. The Morgan fingerprint density at radius 1 is 1.18 bits per heavy atom. The molecule has 0 spiro atoms. The summed E-state index contributed by atoms with van der Waals surface area (Å²) in [5.74, 6) is 0.313. The molecule has 2 rings (SSSR count). The lowest BCUT2D eigenvalue weighted by atomic mass is 10.1. The summed E-state index contributed by atoms with van der Waals surface area (Å²) >= 11 is 0. The van der Waals surface area contributed by atoms with Gasteiger partial charge >= 0.3 is 0 Å². The van der Waals surface area contributed by atoms with Gasteiger partial charge in [0.15, 0.2) is 6.17 Å². The Bertz CT molecular complexity index is 275. The number of hydrogen-bond donors (Lipinski definition) is 0. The Morgan fingerprint density at radius 3 is 2.64 bits per heavy atom. The molecule has 1 nitrogen and oxygen atoms in total. The first-order chi connectivity index (χ1) is 5.29. The Hall–Kier alpha value is -1.12. The predicted molar refractivity (Wildman–Crippen MR) is 35.8 cm³/mol. The molecule has 0 aliphatic carbocycles. The highest BCUT2D eigenvalue weighted by Gasteiger charge is 2.33. The van der Waals surface area contributed by atoms with E-state index < -0.39 is 12.5 Å². The van der Waals surface area contributed by atoms with Gasteiger partial charge in [0.25, 0.3) is 6.36 Å². The topological polar surface area (TPSA) is 9.23 Å². The normalized spacial score (nSPS) is 27.8. The largest absolute Gasteiger partial charge is 0.456 e.